The first kappa shape index (κ1) is 70.7. The summed E-state index contributed by atoms with van der Waals surface area (Å²) in [6, 6.07) is 0. The minimum atomic E-state index is -4.76. The van der Waals surface area contributed by atoms with Crippen molar-refractivity contribution >= 4 is 25.7 Å². The minimum Gasteiger partial charge on any atom is -0.462 e. The summed E-state index contributed by atoms with van der Waals surface area (Å²) < 4.78 is 39.5. The van der Waals surface area contributed by atoms with Crippen LogP contribution in [0.2, 0.25) is 0 Å². The van der Waals surface area contributed by atoms with Crippen LogP contribution in [0.25, 0.3) is 0 Å². The van der Waals surface area contributed by atoms with Gasteiger partial charge in [-0.3, -0.25) is 23.4 Å². The number of rotatable bonds is 54. The Balaban J connectivity index is 4.77. The van der Waals surface area contributed by atoms with E-state index in [-0.39, 0.29) is 25.9 Å². The van der Waals surface area contributed by atoms with Crippen molar-refractivity contribution in [1.82, 2.24) is 0 Å². The van der Waals surface area contributed by atoms with Gasteiger partial charge in [-0.05, 0) is 116 Å². The number of esters is 3. The van der Waals surface area contributed by atoms with Gasteiger partial charge in [0.1, 0.15) is 12.7 Å². The van der Waals surface area contributed by atoms with Gasteiger partial charge in [0.2, 0.25) is 0 Å². The highest BCUT2D eigenvalue weighted by Gasteiger charge is 2.28. The normalized spacial score (nSPS) is 14.0. The molecule has 3 unspecified atom stereocenters. The van der Waals surface area contributed by atoms with Crippen LogP contribution in [-0.4, -0.2) is 66.5 Å². The van der Waals surface area contributed by atoms with E-state index in [1.165, 1.54) is 44.9 Å². The summed E-state index contributed by atoms with van der Waals surface area (Å²) in [5, 5.41) is 9.82. The first-order valence-electron chi connectivity index (χ1n) is 29.5. The van der Waals surface area contributed by atoms with Gasteiger partial charge in [0.25, 0.3) is 0 Å². The first-order chi connectivity index (χ1) is 36.2. The van der Waals surface area contributed by atoms with Crippen molar-refractivity contribution in [1.29, 1.82) is 0 Å². The fraction of sp³-hybridized carbons (Fsp3) is 0.726. The van der Waals surface area contributed by atoms with E-state index in [0.717, 1.165) is 148 Å². The van der Waals surface area contributed by atoms with Gasteiger partial charge in [-0.25, -0.2) is 4.57 Å². The topological polar surface area (TPSA) is 155 Å². The third-order valence-electron chi connectivity index (χ3n) is 12.3. The average Bonchev–Trinajstić information content (AvgIpc) is 3.39. The molecule has 0 saturated heterocycles. The quantitative estimate of drug-likeness (QED) is 0.0197. The van der Waals surface area contributed by atoms with Crippen molar-refractivity contribution in [3.8, 4) is 0 Å². The molecule has 426 valence electrons. The van der Waals surface area contributed by atoms with Crippen LogP contribution in [0, 0.1) is 0 Å². The number of phosphoric ester groups is 1. The molecule has 0 amide bonds. The zero-order valence-electron chi connectivity index (χ0n) is 47.0. The van der Waals surface area contributed by atoms with E-state index in [4.69, 9.17) is 23.3 Å². The molecule has 0 radical (unpaired) electrons. The lowest BCUT2D eigenvalue weighted by Gasteiger charge is -2.21. The van der Waals surface area contributed by atoms with Crippen molar-refractivity contribution < 1.29 is 52.2 Å². The van der Waals surface area contributed by atoms with Crippen molar-refractivity contribution in [3.63, 3.8) is 0 Å². The second kappa shape index (κ2) is 55.9. The Labute approximate surface area is 451 Å². The van der Waals surface area contributed by atoms with Gasteiger partial charge in [0, 0.05) is 19.3 Å². The number of phosphoric acid groups is 1. The van der Waals surface area contributed by atoms with Crippen LogP contribution in [-0.2, 0) is 42.2 Å². The van der Waals surface area contributed by atoms with Gasteiger partial charge in [0.15, 0.2) is 6.10 Å². The fourth-order valence-corrected chi connectivity index (χ4v) is 8.57. The first-order valence-corrected chi connectivity index (χ1v) is 31.0. The van der Waals surface area contributed by atoms with Gasteiger partial charge in [-0.15, -0.1) is 0 Å². The Hall–Kier alpha value is -3.34. The van der Waals surface area contributed by atoms with E-state index in [9.17, 15) is 28.9 Å². The number of aliphatic hydroxyl groups is 1. The number of aliphatic hydroxyl groups excluding tert-OH is 1. The van der Waals surface area contributed by atoms with Crippen molar-refractivity contribution in [2.75, 3.05) is 26.4 Å². The zero-order valence-corrected chi connectivity index (χ0v) is 47.9. The van der Waals surface area contributed by atoms with Gasteiger partial charge in [0.05, 0.1) is 19.8 Å². The summed E-state index contributed by atoms with van der Waals surface area (Å²) in [6.07, 6.45) is 63.9. The van der Waals surface area contributed by atoms with E-state index >= 15 is 0 Å². The lowest BCUT2D eigenvalue weighted by Crippen LogP contribution is -2.30. The molecule has 2 N–H and O–H groups in total. The molecular formula is C62H107O11P. The van der Waals surface area contributed by atoms with E-state index in [1.807, 2.05) is 0 Å². The third kappa shape index (κ3) is 53.5. The van der Waals surface area contributed by atoms with Gasteiger partial charge in [-0.2, -0.15) is 0 Å². The molecule has 0 aliphatic rings. The molecule has 74 heavy (non-hydrogen) atoms. The molecule has 0 aliphatic carbocycles. The predicted molar refractivity (Wildman–Crippen MR) is 307 cm³/mol. The standard InChI is InChI=1S/C62H107O11P/c1-4-7-10-13-16-19-22-25-28-29-32-35-38-41-44-47-50-53-62(66)73-59(55-69-60(64)51-48-45-42-39-36-33-30-26-23-20-17-14-11-8-5-2)57-71-74(67,68)70-56-58(54-63)72-61(65)52-49-46-43-40-37-34-31-27-24-21-18-15-12-9-6-3/h7,10,16-21,25-28,30-31,58-59,63H,4-6,8-9,11-15,22-24,29,32-57H2,1-3H3,(H,67,68)/b10-7-,19-16-,20-17-,21-18-,28-25-,30-26-,31-27-. The minimum absolute atomic E-state index is 0.149. The third-order valence-corrected chi connectivity index (χ3v) is 13.2. The van der Waals surface area contributed by atoms with Gasteiger partial charge in [-0.1, -0.05) is 202 Å². The fourth-order valence-electron chi connectivity index (χ4n) is 7.78. The Morgan fingerprint density at radius 2 is 0.703 bits per heavy atom. The predicted octanol–water partition coefficient (Wildman–Crippen LogP) is 17.5. The summed E-state index contributed by atoms with van der Waals surface area (Å²) in [4.78, 5) is 48.6. The summed E-state index contributed by atoms with van der Waals surface area (Å²) in [5.41, 5.74) is 0. The van der Waals surface area contributed by atoms with Crippen LogP contribution in [0.1, 0.15) is 252 Å². The molecule has 0 fully saturated rings. The summed E-state index contributed by atoms with van der Waals surface area (Å²) >= 11 is 0. The maximum absolute atomic E-state index is 12.9. The zero-order chi connectivity index (χ0) is 54.1. The smallest absolute Gasteiger partial charge is 0.462 e. The Kier molecular flexibility index (Phi) is 53.4. The number of hydrogen-bond acceptors (Lipinski definition) is 10. The molecule has 0 bridgehead atoms. The van der Waals surface area contributed by atoms with Crippen molar-refractivity contribution in [3.05, 3.63) is 85.1 Å². The van der Waals surface area contributed by atoms with Gasteiger partial charge >= 0.3 is 25.7 Å². The molecule has 0 rings (SSSR count). The number of carbonyl (C=O) groups excluding carboxylic acids is 3. The van der Waals surface area contributed by atoms with Crippen molar-refractivity contribution in [2.45, 2.75) is 264 Å². The van der Waals surface area contributed by atoms with Crippen LogP contribution >= 0.6 is 7.82 Å². The molecule has 0 aromatic heterocycles. The summed E-state index contributed by atoms with van der Waals surface area (Å²) in [6.45, 7) is 4.45. The number of unbranched alkanes of at least 4 members (excludes halogenated alkanes) is 23. The van der Waals surface area contributed by atoms with Gasteiger partial charge < -0.3 is 24.2 Å². The van der Waals surface area contributed by atoms with E-state index < -0.39 is 57.8 Å². The molecular weight excluding hydrogens is 952 g/mol. The molecule has 11 nitrogen and oxygen atoms in total. The molecule has 3 atom stereocenters. The van der Waals surface area contributed by atoms with Crippen LogP contribution in [0.5, 0.6) is 0 Å². The average molecular weight is 1060 g/mol. The maximum Gasteiger partial charge on any atom is 0.472 e. The Bertz CT molecular complexity index is 1560. The molecule has 0 aliphatic heterocycles. The molecule has 12 heteroatoms. The highest BCUT2D eigenvalue weighted by atomic mass is 31.2. The second-order valence-electron chi connectivity index (χ2n) is 19.4. The Morgan fingerprint density at radius 1 is 0.392 bits per heavy atom. The molecule has 0 aromatic carbocycles. The Morgan fingerprint density at radius 3 is 1.08 bits per heavy atom. The number of hydrogen-bond donors (Lipinski definition) is 2. The van der Waals surface area contributed by atoms with E-state index in [0.29, 0.717) is 19.3 Å². The maximum atomic E-state index is 12.9. The monoisotopic (exact) mass is 1060 g/mol. The highest BCUT2D eigenvalue weighted by molar-refractivity contribution is 7.47. The van der Waals surface area contributed by atoms with Crippen LogP contribution < -0.4 is 0 Å². The number of allylic oxidation sites excluding steroid dienone is 14. The second-order valence-corrected chi connectivity index (χ2v) is 20.9. The lowest BCUT2D eigenvalue weighted by atomic mass is 10.1. The van der Waals surface area contributed by atoms with Crippen LogP contribution in [0.15, 0.2) is 85.1 Å². The largest absolute Gasteiger partial charge is 0.472 e. The summed E-state index contributed by atoms with van der Waals surface area (Å²) in [5.74, 6) is -1.51. The van der Waals surface area contributed by atoms with Crippen molar-refractivity contribution in [2.24, 2.45) is 0 Å². The molecule has 0 spiro atoms. The van der Waals surface area contributed by atoms with Crippen LogP contribution in [0.3, 0.4) is 0 Å². The highest BCUT2D eigenvalue weighted by Crippen LogP contribution is 2.43. The molecule has 0 heterocycles. The SMILES string of the molecule is CC/C=C\C/C=C\C/C=C\CCCCCCCCCC(=O)OC(COC(=O)CCCCCCC/C=C\C/C=C\CCCCC)COP(=O)(O)OCC(CO)OC(=O)CCCCCCC/C=C\C/C=C\CCCCC. The number of carbonyl (C=O) groups is 3. The lowest BCUT2D eigenvalue weighted by molar-refractivity contribution is -0.161. The molecule has 0 aromatic rings. The van der Waals surface area contributed by atoms with E-state index in [2.05, 4.69) is 106 Å². The van der Waals surface area contributed by atoms with Crippen LogP contribution in [0.4, 0.5) is 0 Å². The van der Waals surface area contributed by atoms with E-state index in [1.54, 1.807) is 0 Å². The molecule has 0 saturated carbocycles. The summed E-state index contributed by atoms with van der Waals surface area (Å²) in [7, 11) is -4.76. The number of ether oxygens (including phenoxy) is 3.